The largest absolute Gasteiger partial charge is 0.481 e. The van der Waals surface area contributed by atoms with Crippen molar-refractivity contribution in [3.63, 3.8) is 0 Å². The lowest BCUT2D eigenvalue weighted by atomic mass is 10.2. The summed E-state index contributed by atoms with van der Waals surface area (Å²) in [5, 5.41) is 13.8. The number of hydrogen-bond acceptors (Lipinski definition) is 4. The molecule has 0 radical (unpaired) electrons. The van der Waals surface area contributed by atoms with Gasteiger partial charge < -0.3 is 20.2 Å². The molecule has 0 saturated carbocycles. The van der Waals surface area contributed by atoms with Gasteiger partial charge in [-0.05, 0) is 58.3 Å². The minimum Gasteiger partial charge on any atom is -0.481 e. The molecule has 0 aliphatic rings. The zero-order valence-corrected chi connectivity index (χ0v) is 17.2. The summed E-state index contributed by atoms with van der Waals surface area (Å²) in [4.78, 5) is 35.3. The van der Waals surface area contributed by atoms with Crippen molar-refractivity contribution in [3.8, 4) is 0 Å². The number of carbonyl (C=O) groups is 3. The van der Waals surface area contributed by atoms with E-state index in [-0.39, 0.29) is 30.8 Å². The first-order valence-electron chi connectivity index (χ1n) is 7.89. The van der Waals surface area contributed by atoms with E-state index in [1.165, 1.54) is 12.1 Å². The van der Waals surface area contributed by atoms with Gasteiger partial charge in [0, 0.05) is 17.4 Å². The summed E-state index contributed by atoms with van der Waals surface area (Å²) in [6.45, 7) is 0.172. The van der Waals surface area contributed by atoms with Crippen LogP contribution in [0.3, 0.4) is 0 Å². The Morgan fingerprint density at radius 3 is 2.37 bits per heavy atom. The highest BCUT2D eigenvalue weighted by Crippen LogP contribution is 2.15. The number of aliphatic carboxylic acids is 1. The number of nitrogens with one attached hydrogen (secondary N) is 2. The Balaban J connectivity index is 2.14. The number of hydrogen-bond donors (Lipinski definition) is 3. The summed E-state index contributed by atoms with van der Waals surface area (Å²) < 4.78 is 6.46. The van der Waals surface area contributed by atoms with E-state index < -0.39 is 17.8 Å². The van der Waals surface area contributed by atoms with Gasteiger partial charge in [-0.25, -0.2) is 0 Å². The minimum absolute atomic E-state index is 0.0187. The molecule has 0 aliphatic heterocycles. The highest BCUT2D eigenvalue weighted by Gasteiger charge is 2.17. The number of halogens is 2. The summed E-state index contributed by atoms with van der Waals surface area (Å²) in [7, 11) is 0. The van der Waals surface area contributed by atoms with Crippen LogP contribution in [-0.4, -0.2) is 29.4 Å². The van der Waals surface area contributed by atoms with Gasteiger partial charge in [0.25, 0.3) is 11.8 Å². The summed E-state index contributed by atoms with van der Waals surface area (Å²) in [6, 6.07) is 10.2. The van der Waals surface area contributed by atoms with Crippen LogP contribution in [0.1, 0.15) is 29.0 Å². The lowest BCUT2D eigenvalue weighted by Crippen LogP contribution is -2.35. The normalized spacial score (nSPS) is 11.1. The van der Waals surface area contributed by atoms with Gasteiger partial charge in [-0.1, -0.05) is 28.1 Å². The molecule has 0 atom stereocenters. The number of carboxylic acid groups (broad SMARTS) is 1. The van der Waals surface area contributed by atoms with E-state index in [1.54, 1.807) is 30.3 Å². The Labute approximate surface area is 172 Å². The van der Waals surface area contributed by atoms with Gasteiger partial charge in [0.05, 0.1) is 0 Å². The summed E-state index contributed by atoms with van der Waals surface area (Å²) in [5.74, 6) is -2.00. The molecule has 7 nitrogen and oxygen atoms in total. The number of furan rings is 1. The number of benzene rings is 1. The summed E-state index contributed by atoms with van der Waals surface area (Å²) in [5.41, 5.74) is 0.722. The third-order valence-corrected chi connectivity index (χ3v) is 4.28. The maximum atomic E-state index is 12.4. The first kappa shape index (κ1) is 20.9. The first-order chi connectivity index (χ1) is 12.8. The fourth-order valence-electron chi connectivity index (χ4n) is 2.04. The molecule has 0 bridgehead atoms. The van der Waals surface area contributed by atoms with E-state index in [2.05, 4.69) is 42.5 Å². The zero-order chi connectivity index (χ0) is 19.8. The van der Waals surface area contributed by atoms with Crippen molar-refractivity contribution in [2.24, 2.45) is 0 Å². The molecule has 0 aliphatic carbocycles. The molecule has 2 amide bonds. The second-order valence-electron chi connectivity index (χ2n) is 5.42. The summed E-state index contributed by atoms with van der Waals surface area (Å²) in [6.07, 6.45) is 1.75. The van der Waals surface area contributed by atoms with Crippen LogP contribution in [0.4, 0.5) is 0 Å². The second kappa shape index (κ2) is 10.1. The fraction of sp³-hybridized carbons (Fsp3) is 0.167. The van der Waals surface area contributed by atoms with Gasteiger partial charge in [0.15, 0.2) is 10.4 Å². The van der Waals surface area contributed by atoms with Crippen molar-refractivity contribution >= 4 is 55.7 Å². The highest BCUT2D eigenvalue weighted by atomic mass is 79.9. The van der Waals surface area contributed by atoms with Crippen LogP contribution in [0.25, 0.3) is 6.08 Å². The maximum absolute atomic E-state index is 12.4. The van der Waals surface area contributed by atoms with Crippen LogP contribution in [0, 0.1) is 0 Å². The van der Waals surface area contributed by atoms with Crippen molar-refractivity contribution in [2.45, 2.75) is 12.8 Å². The Kier molecular flexibility index (Phi) is 7.81. The molecule has 1 heterocycles. The average molecular weight is 500 g/mol. The molecule has 1 aromatic carbocycles. The quantitative estimate of drug-likeness (QED) is 0.380. The predicted molar refractivity (Wildman–Crippen MR) is 106 cm³/mol. The summed E-state index contributed by atoms with van der Waals surface area (Å²) >= 11 is 6.45. The van der Waals surface area contributed by atoms with Gasteiger partial charge >= 0.3 is 5.97 Å². The van der Waals surface area contributed by atoms with E-state index in [9.17, 15) is 14.4 Å². The molecule has 0 unspecified atom stereocenters. The van der Waals surface area contributed by atoms with E-state index in [0.29, 0.717) is 10.2 Å². The molecule has 27 heavy (non-hydrogen) atoms. The Bertz CT molecular complexity index is 859. The Morgan fingerprint density at radius 1 is 1.07 bits per heavy atom. The van der Waals surface area contributed by atoms with Crippen LogP contribution >= 0.6 is 31.9 Å². The molecule has 142 valence electrons. The molecular formula is C18H16Br2N2O5. The van der Waals surface area contributed by atoms with Crippen molar-refractivity contribution in [3.05, 3.63) is 62.6 Å². The first-order valence-corrected chi connectivity index (χ1v) is 9.47. The average Bonchev–Trinajstić information content (AvgIpc) is 3.06. The van der Waals surface area contributed by atoms with Gasteiger partial charge in [0.1, 0.15) is 5.70 Å². The number of rotatable bonds is 8. The predicted octanol–water partition coefficient (Wildman–Crippen LogP) is 3.56. The lowest BCUT2D eigenvalue weighted by molar-refractivity contribution is -0.137. The number of carboxylic acids is 1. The monoisotopic (exact) mass is 498 g/mol. The van der Waals surface area contributed by atoms with E-state index in [0.717, 1.165) is 4.47 Å². The molecule has 9 heteroatoms. The zero-order valence-electron chi connectivity index (χ0n) is 14.0. The molecule has 0 saturated heterocycles. The van der Waals surface area contributed by atoms with Crippen LogP contribution in [-0.2, 0) is 9.59 Å². The van der Waals surface area contributed by atoms with E-state index in [4.69, 9.17) is 9.52 Å². The van der Waals surface area contributed by atoms with Gasteiger partial charge in [-0.3, -0.25) is 14.4 Å². The van der Waals surface area contributed by atoms with Gasteiger partial charge in [-0.2, -0.15) is 0 Å². The van der Waals surface area contributed by atoms with Crippen molar-refractivity contribution in [1.82, 2.24) is 10.6 Å². The van der Waals surface area contributed by atoms with Crippen molar-refractivity contribution in [1.29, 1.82) is 0 Å². The standard InChI is InChI=1S/C18H16Br2N2O5/c19-12-5-3-11(4-6-12)10-13(17(25)21-9-1-2-16(23)24)22-18(26)14-7-8-15(20)27-14/h3-8,10H,1-2,9H2,(H,21,25)(H,22,26)(H,23,24). The number of carbonyl (C=O) groups excluding carboxylic acids is 2. The molecule has 0 spiro atoms. The lowest BCUT2D eigenvalue weighted by Gasteiger charge is -2.10. The molecule has 0 fully saturated rings. The Morgan fingerprint density at radius 2 is 1.78 bits per heavy atom. The molecule has 1 aromatic heterocycles. The van der Waals surface area contributed by atoms with Gasteiger partial charge in [-0.15, -0.1) is 0 Å². The topological polar surface area (TPSA) is 109 Å². The molecule has 3 N–H and O–H groups in total. The van der Waals surface area contributed by atoms with Crippen LogP contribution in [0.2, 0.25) is 0 Å². The van der Waals surface area contributed by atoms with Crippen molar-refractivity contribution in [2.75, 3.05) is 6.54 Å². The fourth-order valence-corrected chi connectivity index (χ4v) is 2.61. The van der Waals surface area contributed by atoms with Crippen LogP contribution in [0.5, 0.6) is 0 Å². The molecular weight excluding hydrogens is 484 g/mol. The Hall–Kier alpha value is -2.39. The minimum atomic E-state index is -0.938. The van der Waals surface area contributed by atoms with Gasteiger partial charge in [0.2, 0.25) is 0 Å². The van der Waals surface area contributed by atoms with Crippen molar-refractivity contribution < 1.29 is 23.9 Å². The smallest absolute Gasteiger partial charge is 0.303 e. The van der Waals surface area contributed by atoms with Crippen LogP contribution in [0.15, 0.2) is 55.7 Å². The second-order valence-corrected chi connectivity index (χ2v) is 7.12. The SMILES string of the molecule is O=C(O)CCCNC(=O)C(=Cc1ccc(Br)cc1)NC(=O)c1ccc(Br)o1. The third kappa shape index (κ3) is 7.03. The third-order valence-electron chi connectivity index (χ3n) is 3.32. The highest BCUT2D eigenvalue weighted by molar-refractivity contribution is 9.10. The molecule has 2 aromatic rings. The van der Waals surface area contributed by atoms with E-state index in [1.807, 2.05) is 0 Å². The molecule has 2 rings (SSSR count). The number of amides is 2. The van der Waals surface area contributed by atoms with E-state index >= 15 is 0 Å². The van der Waals surface area contributed by atoms with Crippen LogP contribution < -0.4 is 10.6 Å². The maximum Gasteiger partial charge on any atom is 0.303 e.